The fourth-order valence-corrected chi connectivity index (χ4v) is 3.94. The molecule has 0 fully saturated rings. The zero-order chi connectivity index (χ0) is 19.7. The molecule has 1 aromatic heterocycles. The summed E-state index contributed by atoms with van der Waals surface area (Å²) in [6, 6.07) is 7.37. The highest BCUT2D eigenvalue weighted by atomic mass is 32.2. The molecule has 2 aromatic rings. The van der Waals surface area contributed by atoms with E-state index in [2.05, 4.69) is 0 Å². The van der Waals surface area contributed by atoms with Crippen molar-refractivity contribution in [1.29, 1.82) is 0 Å². The van der Waals surface area contributed by atoms with E-state index in [-0.39, 0.29) is 16.2 Å². The maximum absolute atomic E-state index is 13.1. The lowest BCUT2D eigenvalue weighted by atomic mass is 10.1. The summed E-state index contributed by atoms with van der Waals surface area (Å²) in [5, 5.41) is 0. The molecule has 0 saturated heterocycles. The molecule has 0 spiro atoms. The standard InChI is InChI=1S/C19H26N2O4S/c1-6-16(20)17-15(18(22)25-19(3,4)5)11-12-21(17)26(23,24)14-9-7-13(2)8-10-14/h7-12,16H,6,20H2,1-5H3/t16-/m1/s1. The van der Waals surface area contributed by atoms with Crippen LogP contribution >= 0.6 is 0 Å². The van der Waals surface area contributed by atoms with Crippen molar-refractivity contribution in [1.82, 2.24) is 3.97 Å². The molecule has 142 valence electrons. The number of ether oxygens (including phenoxy) is 1. The van der Waals surface area contributed by atoms with Gasteiger partial charge in [-0.25, -0.2) is 17.2 Å². The Hall–Kier alpha value is -2.12. The maximum atomic E-state index is 13.1. The van der Waals surface area contributed by atoms with Gasteiger partial charge >= 0.3 is 5.97 Å². The van der Waals surface area contributed by atoms with Crippen molar-refractivity contribution in [3.8, 4) is 0 Å². The first-order chi connectivity index (χ1) is 12.0. The molecule has 1 atom stereocenters. The highest BCUT2D eigenvalue weighted by Crippen LogP contribution is 2.27. The van der Waals surface area contributed by atoms with E-state index in [0.717, 1.165) is 9.54 Å². The van der Waals surface area contributed by atoms with Crippen LogP contribution in [0.5, 0.6) is 0 Å². The third-order valence-electron chi connectivity index (χ3n) is 3.88. The normalized spacial score (nSPS) is 13.5. The Morgan fingerprint density at radius 2 is 1.77 bits per heavy atom. The van der Waals surface area contributed by atoms with E-state index in [1.807, 2.05) is 13.8 Å². The summed E-state index contributed by atoms with van der Waals surface area (Å²) < 4.78 is 32.6. The van der Waals surface area contributed by atoms with Crippen molar-refractivity contribution in [2.45, 2.75) is 57.6 Å². The van der Waals surface area contributed by atoms with Gasteiger partial charge in [0.05, 0.1) is 16.2 Å². The second-order valence-corrected chi connectivity index (χ2v) is 9.06. The number of benzene rings is 1. The average molecular weight is 378 g/mol. The Kier molecular flexibility index (Phi) is 5.63. The van der Waals surface area contributed by atoms with Crippen molar-refractivity contribution in [2.75, 3.05) is 0 Å². The third kappa shape index (κ3) is 4.16. The van der Waals surface area contributed by atoms with Crippen LogP contribution in [0.2, 0.25) is 0 Å². The van der Waals surface area contributed by atoms with Gasteiger partial charge in [0.1, 0.15) is 5.60 Å². The number of hydrogen-bond donors (Lipinski definition) is 1. The SMILES string of the molecule is CC[C@@H](N)c1c(C(=O)OC(C)(C)C)ccn1S(=O)(=O)c1ccc(C)cc1. The van der Waals surface area contributed by atoms with Crippen molar-refractivity contribution in [3.05, 3.63) is 53.3 Å². The van der Waals surface area contributed by atoms with Crippen LogP contribution < -0.4 is 5.73 Å². The van der Waals surface area contributed by atoms with Gasteiger partial charge in [0.2, 0.25) is 0 Å². The number of aromatic nitrogens is 1. The molecule has 2 rings (SSSR count). The van der Waals surface area contributed by atoms with E-state index in [0.29, 0.717) is 6.42 Å². The highest BCUT2D eigenvalue weighted by Gasteiger charge is 2.29. The number of carbonyl (C=O) groups is 1. The van der Waals surface area contributed by atoms with E-state index in [1.54, 1.807) is 45.0 Å². The summed E-state index contributed by atoms with van der Waals surface area (Å²) in [5.41, 5.74) is 6.82. The zero-order valence-electron chi connectivity index (χ0n) is 15.8. The molecule has 2 N–H and O–H groups in total. The smallest absolute Gasteiger partial charge is 0.340 e. The number of esters is 1. The Morgan fingerprint density at radius 3 is 2.27 bits per heavy atom. The fourth-order valence-electron chi connectivity index (χ4n) is 2.52. The van der Waals surface area contributed by atoms with Gasteiger partial charge in [-0.3, -0.25) is 0 Å². The monoisotopic (exact) mass is 378 g/mol. The molecular weight excluding hydrogens is 352 g/mol. The lowest BCUT2D eigenvalue weighted by molar-refractivity contribution is 0.00679. The molecule has 1 aromatic carbocycles. The minimum Gasteiger partial charge on any atom is -0.456 e. The number of nitrogens with two attached hydrogens (primary N) is 1. The molecule has 0 aliphatic heterocycles. The first-order valence-electron chi connectivity index (χ1n) is 8.49. The number of hydrogen-bond acceptors (Lipinski definition) is 5. The minimum atomic E-state index is -3.87. The lowest BCUT2D eigenvalue weighted by Crippen LogP contribution is -2.27. The van der Waals surface area contributed by atoms with Crippen molar-refractivity contribution >= 4 is 16.0 Å². The first kappa shape index (κ1) is 20.2. The quantitative estimate of drug-likeness (QED) is 0.805. The van der Waals surface area contributed by atoms with Crippen LogP contribution in [0.4, 0.5) is 0 Å². The summed E-state index contributed by atoms with van der Waals surface area (Å²) in [6.07, 6.45) is 1.84. The van der Waals surface area contributed by atoms with E-state index < -0.39 is 27.6 Å². The number of rotatable bonds is 5. The Labute approximate surface area is 155 Å². The van der Waals surface area contributed by atoms with Gasteiger partial charge in [0.15, 0.2) is 0 Å². The van der Waals surface area contributed by atoms with E-state index in [9.17, 15) is 13.2 Å². The molecule has 0 aliphatic carbocycles. The Morgan fingerprint density at radius 1 is 1.19 bits per heavy atom. The average Bonchev–Trinajstić information content (AvgIpc) is 2.99. The topological polar surface area (TPSA) is 91.4 Å². The van der Waals surface area contributed by atoms with Gasteiger partial charge < -0.3 is 10.5 Å². The van der Waals surface area contributed by atoms with Crippen molar-refractivity contribution in [2.24, 2.45) is 5.73 Å². The predicted molar refractivity (Wildman–Crippen MR) is 101 cm³/mol. The van der Waals surface area contributed by atoms with Gasteiger partial charge in [-0.05, 0) is 52.3 Å². The van der Waals surface area contributed by atoms with Crippen molar-refractivity contribution in [3.63, 3.8) is 0 Å². The van der Waals surface area contributed by atoms with Crippen molar-refractivity contribution < 1.29 is 17.9 Å². The van der Waals surface area contributed by atoms with E-state index in [1.165, 1.54) is 12.3 Å². The molecule has 1 heterocycles. The highest BCUT2D eigenvalue weighted by molar-refractivity contribution is 7.90. The van der Waals surface area contributed by atoms with Crippen LogP contribution in [0.15, 0.2) is 41.4 Å². The third-order valence-corrected chi connectivity index (χ3v) is 5.58. The Bertz CT molecular complexity index is 891. The summed E-state index contributed by atoms with van der Waals surface area (Å²) in [4.78, 5) is 12.7. The molecule has 0 radical (unpaired) electrons. The molecule has 0 amide bonds. The maximum Gasteiger partial charge on any atom is 0.340 e. The van der Waals surface area contributed by atoms with Gasteiger partial charge in [0, 0.05) is 12.2 Å². The molecule has 6 nitrogen and oxygen atoms in total. The summed E-state index contributed by atoms with van der Waals surface area (Å²) in [7, 11) is -3.87. The molecule has 0 bridgehead atoms. The van der Waals surface area contributed by atoms with E-state index >= 15 is 0 Å². The largest absolute Gasteiger partial charge is 0.456 e. The van der Waals surface area contributed by atoms with Crippen LogP contribution in [-0.4, -0.2) is 24.0 Å². The van der Waals surface area contributed by atoms with E-state index in [4.69, 9.17) is 10.5 Å². The Balaban J connectivity index is 2.59. The fraction of sp³-hybridized carbons (Fsp3) is 0.421. The van der Waals surface area contributed by atoms with Crippen LogP contribution in [-0.2, 0) is 14.8 Å². The van der Waals surface area contributed by atoms with Crippen LogP contribution in [0, 0.1) is 6.92 Å². The van der Waals surface area contributed by atoms with Crippen LogP contribution in [0.1, 0.15) is 61.8 Å². The van der Waals surface area contributed by atoms with Crippen LogP contribution in [0.25, 0.3) is 0 Å². The molecule has 7 heteroatoms. The predicted octanol–water partition coefficient (Wildman–Crippen LogP) is 3.40. The molecule has 0 aliphatic rings. The lowest BCUT2D eigenvalue weighted by Gasteiger charge is -2.21. The number of nitrogens with zero attached hydrogens (tertiary/aromatic N) is 1. The van der Waals surface area contributed by atoms with Crippen LogP contribution in [0.3, 0.4) is 0 Å². The van der Waals surface area contributed by atoms with Gasteiger partial charge in [-0.2, -0.15) is 0 Å². The molecule has 0 unspecified atom stereocenters. The first-order valence-corrected chi connectivity index (χ1v) is 9.94. The number of aryl methyl sites for hydroxylation is 1. The summed E-state index contributed by atoms with van der Waals surface area (Å²) >= 11 is 0. The summed E-state index contributed by atoms with van der Waals surface area (Å²) in [6.45, 7) is 8.98. The molecule has 26 heavy (non-hydrogen) atoms. The van der Waals surface area contributed by atoms with Gasteiger partial charge in [-0.1, -0.05) is 24.6 Å². The zero-order valence-corrected chi connectivity index (χ0v) is 16.6. The second-order valence-electron chi connectivity index (χ2n) is 7.25. The number of carbonyl (C=O) groups excluding carboxylic acids is 1. The minimum absolute atomic E-state index is 0.138. The molecule has 0 saturated carbocycles. The molecular formula is C19H26N2O4S. The van der Waals surface area contributed by atoms with Gasteiger partial charge in [-0.15, -0.1) is 0 Å². The summed E-state index contributed by atoms with van der Waals surface area (Å²) in [5.74, 6) is -0.589. The van der Waals surface area contributed by atoms with Gasteiger partial charge in [0.25, 0.3) is 10.0 Å². The second kappa shape index (κ2) is 7.25.